The minimum atomic E-state index is -0.366. The van der Waals surface area contributed by atoms with E-state index in [4.69, 9.17) is 9.84 Å². The lowest BCUT2D eigenvalue weighted by atomic mass is 10.1. The van der Waals surface area contributed by atoms with E-state index in [1.165, 1.54) is 6.92 Å². The second-order valence-corrected chi connectivity index (χ2v) is 2.80. The van der Waals surface area contributed by atoms with E-state index in [2.05, 4.69) is 0 Å². The molecule has 1 rings (SSSR count). The van der Waals surface area contributed by atoms with E-state index in [1.807, 2.05) is 6.92 Å². The van der Waals surface area contributed by atoms with Gasteiger partial charge in [-0.05, 0) is 30.2 Å². The van der Waals surface area contributed by atoms with Crippen LogP contribution in [0.15, 0.2) is 18.2 Å². The van der Waals surface area contributed by atoms with E-state index in [-0.39, 0.29) is 5.97 Å². The average Bonchev–Trinajstić information content (AvgIpc) is 2.01. The molecule has 0 aliphatic carbocycles. The van der Waals surface area contributed by atoms with Gasteiger partial charge >= 0.3 is 5.97 Å². The minimum Gasteiger partial charge on any atom is -0.427 e. The van der Waals surface area contributed by atoms with Crippen LogP contribution in [0.25, 0.3) is 0 Å². The van der Waals surface area contributed by atoms with Crippen LogP contribution in [0.2, 0.25) is 0 Å². The molecule has 0 atom stereocenters. The van der Waals surface area contributed by atoms with E-state index in [0.717, 1.165) is 12.2 Å². The van der Waals surface area contributed by atoms with Gasteiger partial charge in [-0.2, -0.15) is 0 Å². The van der Waals surface area contributed by atoms with Gasteiger partial charge < -0.3 is 9.84 Å². The Bertz CT molecular complexity index is 318. The van der Waals surface area contributed by atoms with Gasteiger partial charge in [0.25, 0.3) is 0 Å². The Morgan fingerprint density at radius 3 is 2.69 bits per heavy atom. The Balaban J connectivity index is 2.94. The van der Waals surface area contributed by atoms with Crippen molar-refractivity contribution < 1.29 is 14.6 Å². The summed E-state index contributed by atoms with van der Waals surface area (Å²) in [6.07, 6.45) is 0. The van der Waals surface area contributed by atoms with Gasteiger partial charge in [0.2, 0.25) is 0 Å². The van der Waals surface area contributed by atoms with Gasteiger partial charge in [0, 0.05) is 6.92 Å². The molecule has 69 valence electrons. The average molecular weight is 179 g/mol. The first-order valence-electron chi connectivity index (χ1n) is 3.89. The van der Waals surface area contributed by atoms with Gasteiger partial charge in [-0.25, -0.2) is 0 Å². The molecule has 0 aliphatic heterocycles. The van der Waals surface area contributed by atoms with Crippen LogP contribution in [0.4, 0.5) is 0 Å². The summed E-state index contributed by atoms with van der Waals surface area (Å²) in [4.78, 5) is 10.6. The zero-order valence-electron chi connectivity index (χ0n) is 7.57. The molecule has 0 spiro atoms. The van der Waals surface area contributed by atoms with Crippen molar-refractivity contribution in [2.24, 2.45) is 0 Å². The van der Waals surface area contributed by atoms with Crippen LogP contribution >= 0.6 is 0 Å². The number of hydrogen-bond acceptors (Lipinski definition) is 3. The highest BCUT2D eigenvalue weighted by atomic mass is 16.5. The smallest absolute Gasteiger partial charge is 0.308 e. The molecule has 3 nitrogen and oxygen atoms in total. The number of aliphatic hydroxyl groups is 1. The molecule has 0 aliphatic rings. The molecule has 0 unspecified atom stereocenters. The molecule has 0 fully saturated rings. The standard InChI is InChI=1S/C10H11O3/c1-7-3-9(6-11)5-10(4-7)13-8(2)12/h3-6,11H,1-2H3. The normalized spacial score (nSPS) is 9.77. The lowest BCUT2D eigenvalue weighted by Crippen LogP contribution is -2.01. The van der Waals surface area contributed by atoms with Crippen LogP contribution < -0.4 is 4.74 Å². The van der Waals surface area contributed by atoms with Crippen molar-refractivity contribution in [2.45, 2.75) is 13.8 Å². The van der Waals surface area contributed by atoms with Gasteiger partial charge in [-0.1, -0.05) is 6.07 Å². The van der Waals surface area contributed by atoms with E-state index in [0.29, 0.717) is 11.3 Å². The number of carbonyl (C=O) groups is 1. The predicted octanol–water partition coefficient (Wildman–Crippen LogP) is 1.80. The summed E-state index contributed by atoms with van der Waals surface area (Å²) in [6, 6.07) is 5.11. The van der Waals surface area contributed by atoms with Crippen LogP contribution in [0.5, 0.6) is 5.75 Å². The summed E-state index contributed by atoms with van der Waals surface area (Å²) in [5, 5.41) is 8.76. The SMILES string of the molecule is CC(=O)Oc1cc(C)cc([CH]O)c1. The molecule has 1 radical (unpaired) electrons. The number of esters is 1. The Kier molecular flexibility index (Phi) is 3.03. The van der Waals surface area contributed by atoms with Gasteiger partial charge in [-0.15, -0.1) is 0 Å². The quantitative estimate of drug-likeness (QED) is 0.556. The number of carbonyl (C=O) groups excluding carboxylic acids is 1. The fraction of sp³-hybridized carbons (Fsp3) is 0.200. The van der Waals surface area contributed by atoms with Crippen molar-refractivity contribution in [1.29, 1.82) is 0 Å². The molecule has 0 aromatic heterocycles. The Hall–Kier alpha value is -1.35. The first kappa shape index (κ1) is 9.74. The van der Waals surface area contributed by atoms with Crippen LogP contribution in [-0.2, 0) is 4.79 Å². The number of ether oxygens (including phenoxy) is 1. The third-order valence-corrected chi connectivity index (χ3v) is 1.48. The molecule has 1 N–H and O–H groups in total. The van der Waals surface area contributed by atoms with Gasteiger partial charge in [-0.3, -0.25) is 4.79 Å². The maximum atomic E-state index is 10.6. The zero-order valence-corrected chi connectivity index (χ0v) is 7.57. The molecule has 1 aromatic carbocycles. The van der Waals surface area contributed by atoms with E-state index in [1.54, 1.807) is 18.2 Å². The van der Waals surface area contributed by atoms with Crippen molar-refractivity contribution in [3.63, 3.8) is 0 Å². The predicted molar refractivity (Wildman–Crippen MR) is 47.8 cm³/mol. The second kappa shape index (κ2) is 4.05. The number of hydrogen-bond donors (Lipinski definition) is 1. The van der Waals surface area contributed by atoms with Crippen molar-refractivity contribution in [1.82, 2.24) is 0 Å². The summed E-state index contributed by atoms with van der Waals surface area (Å²) < 4.78 is 4.87. The maximum Gasteiger partial charge on any atom is 0.308 e. The van der Waals surface area contributed by atoms with Gasteiger partial charge in [0.05, 0.1) is 0 Å². The summed E-state index contributed by atoms with van der Waals surface area (Å²) in [5.74, 6) is 0.0855. The van der Waals surface area contributed by atoms with Crippen molar-refractivity contribution in [3.8, 4) is 5.75 Å². The topological polar surface area (TPSA) is 46.5 Å². The molecule has 0 saturated carbocycles. The molecule has 0 bridgehead atoms. The van der Waals surface area contributed by atoms with E-state index in [9.17, 15) is 4.79 Å². The molecule has 0 amide bonds. The van der Waals surface area contributed by atoms with Crippen LogP contribution in [0, 0.1) is 13.5 Å². The van der Waals surface area contributed by atoms with Crippen molar-refractivity contribution in [3.05, 3.63) is 35.9 Å². The first-order chi connectivity index (χ1) is 6.11. The highest BCUT2D eigenvalue weighted by molar-refractivity contribution is 5.69. The number of aryl methyl sites for hydroxylation is 1. The van der Waals surface area contributed by atoms with E-state index < -0.39 is 0 Å². The lowest BCUT2D eigenvalue weighted by Gasteiger charge is -2.04. The lowest BCUT2D eigenvalue weighted by molar-refractivity contribution is -0.131. The highest BCUT2D eigenvalue weighted by Crippen LogP contribution is 2.17. The molecular formula is C10H11O3. The number of benzene rings is 1. The van der Waals surface area contributed by atoms with Crippen LogP contribution in [0.3, 0.4) is 0 Å². The minimum absolute atomic E-state index is 0.366. The molecule has 0 heterocycles. The number of aliphatic hydroxyl groups excluding tert-OH is 1. The molecule has 13 heavy (non-hydrogen) atoms. The number of rotatable bonds is 2. The Labute approximate surface area is 77.0 Å². The third kappa shape index (κ3) is 2.87. The summed E-state index contributed by atoms with van der Waals surface area (Å²) in [7, 11) is 0. The first-order valence-corrected chi connectivity index (χ1v) is 3.89. The van der Waals surface area contributed by atoms with E-state index >= 15 is 0 Å². The summed E-state index contributed by atoms with van der Waals surface area (Å²) >= 11 is 0. The largest absolute Gasteiger partial charge is 0.427 e. The highest BCUT2D eigenvalue weighted by Gasteiger charge is 2.01. The zero-order chi connectivity index (χ0) is 9.84. The third-order valence-electron chi connectivity index (χ3n) is 1.48. The maximum absolute atomic E-state index is 10.6. The second-order valence-electron chi connectivity index (χ2n) is 2.80. The summed E-state index contributed by atoms with van der Waals surface area (Å²) in [6.45, 7) is 4.17. The van der Waals surface area contributed by atoms with Crippen LogP contribution in [0.1, 0.15) is 18.1 Å². The van der Waals surface area contributed by atoms with Crippen LogP contribution in [-0.4, -0.2) is 11.1 Å². The molecule has 0 saturated heterocycles. The molecule has 3 heteroatoms. The molecule has 1 aromatic rings. The fourth-order valence-corrected chi connectivity index (χ4v) is 1.08. The van der Waals surface area contributed by atoms with Gasteiger partial charge in [0.15, 0.2) is 0 Å². The summed E-state index contributed by atoms with van der Waals surface area (Å²) in [5.41, 5.74) is 1.55. The molecular weight excluding hydrogens is 168 g/mol. The Morgan fingerprint density at radius 2 is 2.15 bits per heavy atom. The van der Waals surface area contributed by atoms with Gasteiger partial charge in [0.1, 0.15) is 12.4 Å². The van der Waals surface area contributed by atoms with Crippen molar-refractivity contribution >= 4 is 5.97 Å². The Morgan fingerprint density at radius 1 is 1.46 bits per heavy atom. The monoisotopic (exact) mass is 179 g/mol. The van der Waals surface area contributed by atoms with Crippen molar-refractivity contribution in [2.75, 3.05) is 0 Å². The fourth-order valence-electron chi connectivity index (χ4n) is 1.08.